The number of hydrogen-bond acceptors (Lipinski definition) is 3. The SMILES string of the molecule is CCCN(CC)CC1(N)CC(OCC)C1(C)C. The fourth-order valence-electron chi connectivity index (χ4n) is 2.84. The van der Waals surface area contributed by atoms with Gasteiger partial charge in [-0.1, -0.05) is 27.7 Å². The van der Waals surface area contributed by atoms with Crippen LogP contribution in [-0.4, -0.2) is 42.8 Å². The second-order valence-electron chi connectivity index (χ2n) is 5.89. The van der Waals surface area contributed by atoms with E-state index in [-0.39, 0.29) is 11.0 Å². The third-order valence-electron chi connectivity index (χ3n) is 4.50. The van der Waals surface area contributed by atoms with Crippen LogP contribution in [0.15, 0.2) is 0 Å². The first-order valence-electron chi connectivity index (χ1n) is 7.04. The standard InChI is InChI=1S/C14H30N2O/c1-6-9-16(7-2)11-14(15)10-12(17-8-3)13(14,4)5/h12H,6-11,15H2,1-5H3. The Morgan fingerprint density at radius 2 is 1.94 bits per heavy atom. The molecule has 0 aromatic carbocycles. The van der Waals surface area contributed by atoms with E-state index >= 15 is 0 Å². The van der Waals surface area contributed by atoms with Gasteiger partial charge in [-0.25, -0.2) is 0 Å². The summed E-state index contributed by atoms with van der Waals surface area (Å²) in [4.78, 5) is 2.46. The van der Waals surface area contributed by atoms with E-state index in [1.54, 1.807) is 0 Å². The van der Waals surface area contributed by atoms with Gasteiger partial charge < -0.3 is 15.4 Å². The van der Waals surface area contributed by atoms with E-state index in [9.17, 15) is 0 Å². The molecule has 0 saturated heterocycles. The Balaban J connectivity index is 2.59. The zero-order chi connectivity index (χ0) is 13.1. The van der Waals surface area contributed by atoms with Crippen molar-refractivity contribution in [3.63, 3.8) is 0 Å². The second kappa shape index (κ2) is 5.68. The first kappa shape index (κ1) is 14.9. The third-order valence-corrected chi connectivity index (χ3v) is 4.50. The number of rotatable bonds is 7. The van der Waals surface area contributed by atoms with Crippen LogP contribution in [0.4, 0.5) is 0 Å². The summed E-state index contributed by atoms with van der Waals surface area (Å²) in [7, 11) is 0. The van der Waals surface area contributed by atoms with Crippen molar-refractivity contribution in [2.45, 2.75) is 59.1 Å². The van der Waals surface area contributed by atoms with E-state index in [1.807, 2.05) is 0 Å². The Morgan fingerprint density at radius 1 is 1.29 bits per heavy atom. The molecule has 2 atom stereocenters. The Bertz CT molecular complexity index is 242. The van der Waals surface area contributed by atoms with Crippen molar-refractivity contribution in [3.05, 3.63) is 0 Å². The lowest BCUT2D eigenvalue weighted by Gasteiger charge is -2.60. The minimum atomic E-state index is -0.0853. The highest BCUT2D eigenvalue weighted by Crippen LogP contribution is 2.50. The molecule has 0 bridgehead atoms. The third kappa shape index (κ3) is 2.83. The topological polar surface area (TPSA) is 38.5 Å². The zero-order valence-electron chi connectivity index (χ0n) is 12.3. The van der Waals surface area contributed by atoms with Gasteiger partial charge in [0.2, 0.25) is 0 Å². The molecule has 1 aliphatic carbocycles. The molecule has 0 spiro atoms. The summed E-state index contributed by atoms with van der Waals surface area (Å²) < 4.78 is 5.77. The lowest BCUT2D eigenvalue weighted by molar-refractivity contribution is -0.156. The summed E-state index contributed by atoms with van der Waals surface area (Å²) in [6.07, 6.45) is 2.52. The average molecular weight is 242 g/mol. The molecule has 0 amide bonds. The van der Waals surface area contributed by atoms with Crippen LogP contribution in [-0.2, 0) is 4.74 Å². The number of nitrogens with two attached hydrogens (primary N) is 1. The van der Waals surface area contributed by atoms with E-state index in [2.05, 4.69) is 39.5 Å². The molecule has 0 aromatic rings. The molecule has 1 fully saturated rings. The Kier molecular flexibility index (Phi) is 4.99. The minimum Gasteiger partial charge on any atom is -0.378 e. The van der Waals surface area contributed by atoms with Gasteiger partial charge in [-0.3, -0.25) is 0 Å². The van der Waals surface area contributed by atoms with Crippen LogP contribution >= 0.6 is 0 Å². The van der Waals surface area contributed by atoms with Crippen molar-refractivity contribution in [2.75, 3.05) is 26.2 Å². The van der Waals surface area contributed by atoms with Crippen LogP contribution in [0.1, 0.15) is 47.5 Å². The number of likely N-dealkylation sites (N-methyl/N-ethyl adjacent to an activating group) is 1. The summed E-state index contributed by atoms with van der Waals surface area (Å²) in [6.45, 7) is 15.0. The number of hydrogen-bond donors (Lipinski definition) is 1. The van der Waals surface area contributed by atoms with Crippen LogP contribution < -0.4 is 5.73 Å². The van der Waals surface area contributed by atoms with Gasteiger partial charge in [-0.05, 0) is 32.9 Å². The molecule has 1 saturated carbocycles. The number of nitrogens with zero attached hydrogens (tertiary/aromatic N) is 1. The van der Waals surface area contributed by atoms with Crippen LogP contribution in [0.25, 0.3) is 0 Å². The van der Waals surface area contributed by atoms with Gasteiger partial charge in [0.05, 0.1) is 6.10 Å². The lowest BCUT2D eigenvalue weighted by Crippen LogP contribution is -2.73. The molecule has 1 rings (SSSR count). The van der Waals surface area contributed by atoms with Crippen molar-refractivity contribution < 1.29 is 4.74 Å². The summed E-state index contributed by atoms with van der Waals surface area (Å²) in [5.41, 5.74) is 6.59. The van der Waals surface area contributed by atoms with Crippen LogP contribution in [0, 0.1) is 5.41 Å². The van der Waals surface area contributed by atoms with Crippen molar-refractivity contribution in [2.24, 2.45) is 11.1 Å². The molecular formula is C14H30N2O. The van der Waals surface area contributed by atoms with E-state index in [4.69, 9.17) is 10.5 Å². The van der Waals surface area contributed by atoms with Gasteiger partial charge in [0, 0.05) is 24.1 Å². The molecule has 1 aliphatic rings. The largest absolute Gasteiger partial charge is 0.378 e. The summed E-state index contributed by atoms with van der Waals surface area (Å²) in [6, 6.07) is 0. The van der Waals surface area contributed by atoms with Crippen molar-refractivity contribution in [3.8, 4) is 0 Å². The second-order valence-corrected chi connectivity index (χ2v) is 5.89. The fraction of sp³-hybridized carbons (Fsp3) is 1.00. The van der Waals surface area contributed by atoms with Crippen molar-refractivity contribution >= 4 is 0 Å². The average Bonchev–Trinajstić information content (AvgIpc) is 2.28. The molecule has 3 heteroatoms. The molecule has 2 unspecified atom stereocenters. The van der Waals surface area contributed by atoms with E-state index in [0.29, 0.717) is 6.10 Å². The normalized spacial score (nSPS) is 31.6. The number of ether oxygens (including phenoxy) is 1. The van der Waals surface area contributed by atoms with E-state index in [0.717, 1.165) is 32.7 Å². The summed E-state index contributed by atoms with van der Waals surface area (Å²) >= 11 is 0. The highest BCUT2D eigenvalue weighted by atomic mass is 16.5. The minimum absolute atomic E-state index is 0.0853. The lowest BCUT2D eigenvalue weighted by atomic mass is 9.54. The van der Waals surface area contributed by atoms with Crippen LogP contribution in [0.5, 0.6) is 0 Å². The predicted molar refractivity (Wildman–Crippen MR) is 73.1 cm³/mol. The highest BCUT2D eigenvalue weighted by molar-refractivity contribution is 5.14. The van der Waals surface area contributed by atoms with E-state index in [1.165, 1.54) is 6.42 Å². The van der Waals surface area contributed by atoms with Crippen LogP contribution in [0.3, 0.4) is 0 Å². The predicted octanol–water partition coefficient (Wildman–Crippen LogP) is 2.25. The monoisotopic (exact) mass is 242 g/mol. The summed E-state index contributed by atoms with van der Waals surface area (Å²) in [5.74, 6) is 0. The van der Waals surface area contributed by atoms with Gasteiger partial charge in [0.25, 0.3) is 0 Å². The Labute approximate surface area is 107 Å². The molecule has 102 valence electrons. The molecular weight excluding hydrogens is 212 g/mol. The zero-order valence-corrected chi connectivity index (χ0v) is 12.3. The molecule has 0 heterocycles. The molecule has 0 aliphatic heterocycles. The summed E-state index contributed by atoms with van der Waals surface area (Å²) in [5, 5.41) is 0. The maximum Gasteiger partial charge on any atom is 0.0662 e. The molecule has 0 radical (unpaired) electrons. The van der Waals surface area contributed by atoms with Gasteiger partial charge in [-0.2, -0.15) is 0 Å². The first-order chi connectivity index (χ1) is 7.91. The Morgan fingerprint density at radius 3 is 2.35 bits per heavy atom. The van der Waals surface area contributed by atoms with Gasteiger partial charge in [-0.15, -0.1) is 0 Å². The molecule has 0 aromatic heterocycles. The van der Waals surface area contributed by atoms with Crippen LogP contribution in [0.2, 0.25) is 0 Å². The van der Waals surface area contributed by atoms with Gasteiger partial charge >= 0.3 is 0 Å². The molecule has 3 nitrogen and oxygen atoms in total. The van der Waals surface area contributed by atoms with E-state index < -0.39 is 0 Å². The van der Waals surface area contributed by atoms with Crippen molar-refractivity contribution in [1.29, 1.82) is 0 Å². The maximum atomic E-state index is 6.59. The quantitative estimate of drug-likeness (QED) is 0.744. The fourth-order valence-corrected chi connectivity index (χ4v) is 2.84. The highest BCUT2D eigenvalue weighted by Gasteiger charge is 2.58. The molecule has 2 N–H and O–H groups in total. The molecule has 17 heavy (non-hydrogen) atoms. The smallest absolute Gasteiger partial charge is 0.0662 e. The first-order valence-corrected chi connectivity index (χ1v) is 7.04. The maximum absolute atomic E-state index is 6.59. The Hall–Kier alpha value is -0.120. The van der Waals surface area contributed by atoms with Gasteiger partial charge in [0.15, 0.2) is 0 Å². The van der Waals surface area contributed by atoms with Gasteiger partial charge in [0.1, 0.15) is 0 Å². The van der Waals surface area contributed by atoms with Crippen molar-refractivity contribution in [1.82, 2.24) is 4.90 Å².